The van der Waals surface area contributed by atoms with Crippen molar-refractivity contribution in [2.45, 2.75) is 33.1 Å². The first kappa shape index (κ1) is 11.9. The minimum absolute atomic E-state index is 0.229. The predicted molar refractivity (Wildman–Crippen MR) is 59.2 cm³/mol. The Morgan fingerprint density at radius 1 is 1.27 bits per heavy atom. The summed E-state index contributed by atoms with van der Waals surface area (Å²) in [5, 5.41) is 0. The summed E-state index contributed by atoms with van der Waals surface area (Å²) in [7, 11) is 0. The van der Waals surface area contributed by atoms with Crippen LogP contribution in [0.1, 0.15) is 32.3 Å². The summed E-state index contributed by atoms with van der Waals surface area (Å²) < 4.78 is 12.6. The van der Waals surface area contributed by atoms with Gasteiger partial charge in [0.05, 0.1) is 0 Å². The van der Waals surface area contributed by atoms with Crippen molar-refractivity contribution in [1.29, 1.82) is 0 Å². The van der Waals surface area contributed by atoms with E-state index in [2.05, 4.69) is 0 Å². The lowest BCUT2D eigenvalue weighted by molar-refractivity contribution is -0.119. The van der Waals surface area contributed by atoms with E-state index < -0.39 is 0 Å². The molecule has 0 N–H and O–H groups in total. The zero-order valence-corrected chi connectivity index (χ0v) is 9.29. The number of halogens is 1. The van der Waals surface area contributed by atoms with Crippen LogP contribution >= 0.6 is 0 Å². The van der Waals surface area contributed by atoms with Gasteiger partial charge in [-0.1, -0.05) is 26.0 Å². The van der Waals surface area contributed by atoms with Crippen LogP contribution in [0.5, 0.6) is 0 Å². The Morgan fingerprint density at radius 3 is 2.40 bits per heavy atom. The fourth-order valence-corrected chi connectivity index (χ4v) is 1.49. The molecule has 0 saturated carbocycles. The number of rotatable bonds is 5. The molecule has 0 heterocycles. The minimum atomic E-state index is -0.229. The average molecular weight is 208 g/mol. The highest BCUT2D eigenvalue weighted by atomic mass is 19.1. The Morgan fingerprint density at radius 2 is 1.87 bits per heavy atom. The summed E-state index contributed by atoms with van der Waals surface area (Å²) in [4.78, 5) is 11.4. The van der Waals surface area contributed by atoms with Gasteiger partial charge in [0.25, 0.3) is 0 Å². The van der Waals surface area contributed by atoms with Crippen LogP contribution in [0.25, 0.3) is 0 Å². The summed E-state index contributed by atoms with van der Waals surface area (Å²) in [5.41, 5.74) is 1.02. The average Bonchev–Trinajstić information content (AvgIpc) is 2.16. The molecule has 0 saturated heterocycles. The number of hydrogen-bond acceptors (Lipinski definition) is 1. The summed E-state index contributed by atoms with van der Waals surface area (Å²) >= 11 is 0. The molecule has 1 rings (SSSR count). The second-order valence-corrected chi connectivity index (χ2v) is 4.26. The van der Waals surface area contributed by atoms with E-state index in [1.54, 1.807) is 12.1 Å². The molecule has 0 atom stereocenters. The molecular weight excluding hydrogens is 191 g/mol. The summed E-state index contributed by atoms with van der Waals surface area (Å²) in [5.74, 6) is 0.479. The van der Waals surface area contributed by atoms with Crippen LogP contribution < -0.4 is 0 Å². The van der Waals surface area contributed by atoms with Crippen molar-refractivity contribution < 1.29 is 9.18 Å². The summed E-state index contributed by atoms with van der Waals surface area (Å²) in [6, 6.07) is 6.33. The van der Waals surface area contributed by atoms with Crippen LogP contribution in [0.4, 0.5) is 4.39 Å². The van der Waals surface area contributed by atoms with Crippen LogP contribution in [-0.2, 0) is 11.2 Å². The number of hydrogen-bond donors (Lipinski definition) is 0. The van der Waals surface area contributed by atoms with E-state index in [-0.39, 0.29) is 11.6 Å². The van der Waals surface area contributed by atoms with Crippen LogP contribution in [-0.4, -0.2) is 5.78 Å². The minimum Gasteiger partial charge on any atom is -0.300 e. The van der Waals surface area contributed by atoms with Crippen LogP contribution in [0.15, 0.2) is 24.3 Å². The predicted octanol–water partition coefficient (Wildman–Crippen LogP) is 3.37. The Labute approximate surface area is 90.3 Å². The van der Waals surface area contributed by atoms with Gasteiger partial charge in [0.1, 0.15) is 11.6 Å². The number of aryl methyl sites for hydroxylation is 1. The molecule has 0 spiro atoms. The van der Waals surface area contributed by atoms with E-state index in [1.807, 2.05) is 13.8 Å². The van der Waals surface area contributed by atoms with Crippen molar-refractivity contribution in [3.63, 3.8) is 0 Å². The highest BCUT2D eigenvalue weighted by Gasteiger charge is 2.05. The summed E-state index contributed by atoms with van der Waals surface area (Å²) in [6.07, 6.45) is 1.91. The molecule has 0 aliphatic heterocycles. The van der Waals surface area contributed by atoms with Crippen molar-refractivity contribution in [3.8, 4) is 0 Å². The van der Waals surface area contributed by atoms with E-state index in [9.17, 15) is 9.18 Å². The van der Waals surface area contributed by atoms with Gasteiger partial charge in [0.2, 0.25) is 0 Å². The van der Waals surface area contributed by atoms with Gasteiger partial charge in [-0.05, 0) is 30.0 Å². The number of carbonyl (C=O) groups excluding carboxylic acids is 1. The molecule has 1 nitrogen and oxygen atoms in total. The fourth-order valence-electron chi connectivity index (χ4n) is 1.49. The molecule has 0 amide bonds. The lowest BCUT2D eigenvalue weighted by Gasteiger charge is -2.03. The van der Waals surface area contributed by atoms with E-state index in [1.165, 1.54) is 12.1 Å². The van der Waals surface area contributed by atoms with Gasteiger partial charge in [-0.25, -0.2) is 4.39 Å². The van der Waals surface area contributed by atoms with Crippen molar-refractivity contribution >= 4 is 5.78 Å². The first-order chi connectivity index (χ1) is 7.08. The smallest absolute Gasteiger partial charge is 0.133 e. The van der Waals surface area contributed by atoms with Gasteiger partial charge in [0.15, 0.2) is 0 Å². The van der Waals surface area contributed by atoms with E-state index in [0.29, 0.717) is 25.2 Å². The number of ketones is 1. The molecule has 0 aromatic heterocycles. The van der Waals surface area contributed by atoms with E-state index in [0.717, 1.165) is 5.56 Å². The maximum absolute atomic E-state index is 12.6. The second-order valence-electron chi connectivity index (χ2n) is 4.26. The van der Waals surface area contributed by atoms with Crippen LogP contribution in [0, 0.1) is 11.7 Å². The fraction of sp³-hybridized carbons (Fsp3) is 0.462. The van der Waals surface area contributed by atoms with E-state index >= 15 is 0 Å². The largest absolute Gasteiger partial charge is 0.300 e. The number of carbonyl (C=O) groups is 1. The quantitative estimate of drug-likeness (QED) is 0.725. The topological polar surface area (TPSA) is 17.1 Å². The van der Waals surface area contributed by atoms with Crippen molar-refractivity contribution in [2.75, 3.05) is 0 Å². The van der Waals surface area contributed by atoms with Gasteiger partial charge in [-0.2, -0.15) is 0 Å². The van der Waals surface area contributed by atoms with Crippen LogP contribution in [0.2, 0.25) is 0 Å². The highest BCUT2D eigenvalue weighted by molar-refractivity contribution is 5.78. The Bertz CT molecular complexity index is 314. The first-order valence-corrected chi connectivity index (χ1v) is 5.34. The standard InChI is InChI=1S/C13H17FO/c1-10(2)9-13(15)8-5-11-3-6-12(14)7-4-11/h3-4,6-7,10H,5,8-9H2,1-2H3. The molecular formula is C13H17FO. The normalized spacial score (nSPS) is 10.7. The molecule has 0 aliphatic carbocycles. The SMILES string of the molecule is CC(C)CC(=O)CCc1ccc(F)cc1. The zero-order valence-electron chi connectivity index (χ0n) is 9.29. The zero-order chi connectivity index (χ0) is 11.3. The molecule has 0 bridgehead atoms. The Kier molecular flexibility index (Phi) is 4.47. The van der Waals surface area contributed by atoms with Crippen LogP contribution in [0.3, 0.4) is 0 Å². The monoisotopic (exact) mass is 208 g/mol. The molecule has 0 radical (unpaired) electrons. The molecule has 0 aliphatic rings. The van der Waals surface area contributed by atoms with Crippen molar-refractivity contribution in [3.05, 3.63) is 35.6 Å². The highest BCUT2D eigenvalue weighted by Crippen LogP contribution is 2.08. The molecule has 1 aromatic carbocycles. The number of benzene rings is 1. The molecule has 15 heavy (non-hydrogen) atoms. The number of Topliss-reactive ketones (excluding diaryl/α,β-unsaturated/α-hetero) is 1. The maximum atomic E-state index is 12.6. The molecule has 0 fully saturated rings. The molecule has 1 aromatic rings. The molecule has 0 unspecified atom stereocenters. The van der Waals surface area contributed by atoms with Gasteiger partial charge >= 0.3 is 0 Å². The third kappa shape index (κ3) is 4.73. The maximum Gasteiger partial charge on any atom is 0.133 e. The molecule has 82 valence electrons. The van der Waals surface area contributed by atoms with Crippen molar-refractivity contribution in [1.82, 2.24) is 0 Å². The second kappa shape index (κ2) is 5.64. The third-order valence-corrected chi connectivity index (χ3v) is 2.24. The van der Waals surface area contributed by atoms with Gasteiger partial charge in [-0.15, -0.1) is 0 Å². The van der Waals surface area contributed by atoms with Gasteiger partial charge in [0, 0.05) is 12.8 Å². The lowest BCUT2D eigenvalue weighted by atomic mass is 10.0. The first-order valence-electron chi connectivity index (χ1n) is 5.34. The third-order valence-electron chi connectivity index (χ3n) is 2.24. The van der Waals surface area contributed by atoms with E-state index in [4.69, 9.17) is 0 Å². The Hall–Kier alpha value is -1.18. The molecule has 2 heteroatoms. The lowest BCUT2D eigenvalue weighted by Crippen LogP contribution is -2.04. The van der Waals surface area contributed by atoms with Crippen molar-refractivity contribution in [2.24, 2.45) is 5.92 Å². The Balaban J connectivity index is 2.37. The van der Waals surface area contributed by atoms with Gasteiger partial charge < -0.3 is 0 Å². The summed E-state index contributed by atoms with van der Waals surface area (Å²) in [6.45, 7) is 4.07. The van der Waals surface area contributed by atoms with Gasteiger partial charge in [-0.3, -0.25) is 4.79 Å².